The maximum absolute atomic E-state index is 11.7. The van der Waals surface area contributed by atoms with Gasteiger partial charge in [-0.15, -0.1) is 0 Å². The monoisotopic (exact) mass is 2190 g/mol. The highest BCUT2D eigenvalue weighted by atomic mass is 35.5. The number of primary amides is 4. The Kier molecular flexibility index (Phi) is 132. The molecule has 0 aliphatic rings. The minimum atomic E-state index is -1.11. The van der Waals surface area contributed by atoms with Crippen LogP contribution in [0.1, 0.15) is 330 Å². The fourth-order valence-electron chi connectivity index (χ4n) is 7.83. The number of quaternary nitrogens is 5. The Morgan fingerprint density at radius 1 is 0.295 bits per heavy atom. The Bertz CT molecular complexity index is 2870. The normalized spacial score (nSPS) is 12.9. The number of halogens is 4. The van der Waals surface area contributed by atoms with Gasteiger partial charge in [-0.3, -0.25) is 71.6 Å². The molecule has 0 aliphatic carbocycles. The lowest BCUT2D eigenvalue weighted by Gasteiger charge is -2.29. The predicted molar refractivity (Wildman–Crippen MR) is 581 cm³/mol. The quantitative estimate of drug-likeness (QED) is 0.0233. The van der Waals surface area contributed by atoms with Crippen LogP contribution in [0.5, 0.6) is 0 Å². The smallest absolute Gasteiger partial charge is 0.311 e. The maximum atomic E-state index is 11.7. The summed E-state index contributed by atoms with van der Waals surface area (Å²) < 4.78 is 8.77. The van der Waals surface area contributed by atoms with Crippen molar-refractivity contribution in [2.75, 3.05) is 191 Å². The van der Waals surface area contributed by atoms with Gasteiger partial charge in [0.15, 0.2) is 0 Å². The third-order valence-electron chi connectivity index (χ3n) is 23.4. The minimum absolute atomic E-state index is 0. The van der Waals surface area contributed by atoms with Crippen molar-refractivity contribution in [1.29, 1.82) is 0 Å². The number of hydrogen-bond acceptors (Lipinski definition) is 18. The highest BCUT2D eigenvalue weighted by Gasteiger charge is 2.28. The van der Waals surface area contributed by atoms with Crippen molar-refractivity contribution < 1.29 is 174 Å². The molecule has 0 fully saturated rings. The molecule has 0 saturated carbocycles. The Labute approximate surface area is 915 Å². The maximum Gasteiger partial charge on any atom is 0.311 e. The Balaban J connectivity index is -0.0000000763. The van der Waals surface area contributed by atoms with E-state index in [2.05, 4.69) is 111 Å². The molecule has 0 saturated heterocycles. The van der Waals surface area contributed by atoms with Gasteiger partial charge in [-0.25, -0.2) is 0 Å². The number of rotatable bonds is 51. The molecule has 882 valence electrons. The van der Waals surface area contributed by atoms with Gasteiger partial charge in [0, 0.05) is 124 Å². The SMILES string of the molecule is CCC(C)(C)C(=O)NCCC[N+](C)(C)C(=O)[O-].CCC(C)(C)C(=O)OCCN(C)C.CCC(C)C(=O)NCCC[N+](C)(C)C.CCC(C)C(=O)NCCC[N+](C)(C)C.CCC(C)C(=O)NCCC[N+](C)(C)C.CCC(C)C(=O)NCCC[N+](C)(C)C.CCC(C)C(=O)O.CCC(C)C(=O)O.CCC(C)C(=O)O.CCC(C)C(=O)O.CCC(C)C(N)=O.CCC(C)C(N)=O.CCC(C)C(N)=O.CCC(C)C(N)=O.[Cl-].[Cl-].[Cl-].[Cl-]. The van der Waals surface area contributed by atoms with Gasteiger partial charge in [-0.2, -0.15) is 0 Å². The zero-order chi connectivity index (χ0) is 116. The third-order valence-corrected chi connectivity index (χ3v) is 23.4. The lowest BCUT2D eigenvalue weighted by Crippen LogP contribution is -3.00. The molecule has 0 bridgehead atoms. The molecule has 146 heavy (non-hydrogen) atoms. The summed E-state index contributed by atoms with van der Waals surface area (Å²) in [7, 11) is 33.0. The van der Waals surface area contributed by atoms with E-state index in [0.717, 1.165) is 192 Å². The van der Waals surface area contributed by atoms with Gasteiger partial charge < -0.3 is 157 Å². The molecular formula is C106H229Cl4N15O21. The summed E-state index contributed by atoms with van der Waals surface area (Å²) in [6.45, 7) is 66.7. The first kappa shape index (κ1) is 181. The number of esters is 1. The standard InChI is InChI=1S/C12H24N2O3.4C11H24N2O.C10H21NO2.4C5H11NO.4C5H10O2.4ClH/c1-6-12(2,3)10(15)13-8-7-9-14(4,5)11(16)17;4*1-6-10(2)11(14)12-8-7-9-13(3,4)5;1-6-10(2,3)9(12)13-8-7-11(4)5;8*1-3-4(2)5(6)7;;;;/h6-9H2,1-5H3,(H-,13,15,16,17);4*10H,6-9H2,1-5H3;6-8H2,1-5H3;4*4H,3H2,1-2H3,(H2,6,7);4*4H,3H2,1-2H3,(H,6,7);4*1H. The molecule has 12 unspecified atom stereocenters. The van der Waals surface area contributed by atoms with Crippen molar-refractivity contribution >= 4 is 89.1 Å². The molecule has 36 nitrogen and oxygen atoms in total. The van der Waals surface area contributed by atoms with Crippen LogP contribution in [0.3, 0.4) is 0 Å². The van der Waals surface area contributed by atoms with Crippen molar-refractivity contribution in [3.63, 3.8) is 0 Å². The van der Waals surface area contributed by atoms with E-state index in [1.807, 2.05) is 199 Å². The first-order valence-electron chi connectivity index (χ1n) is 52.0. The van der Waals surface area contributed by atoms with Crippen LogP contribution in [-0.4, -0.2) is 328 Å². The van der Waals surface area contributed by atoms with Gasteiger partial charge in [-0.1, -0.05) is 194 Å². The summed E-state index contributed by atoms with van der Waals surface area (Å²) in [6.07, 6.45) is 15.2. The molecule has 0 radical (unpaired) electrons. The van der Waals surface area contributed by atoms with Crippen molar-refractivity contribution in [3.8, 4) is 0 Å². The van der Waals surface area contributed by atoms with Crippen LogP contribution in [0.4, 0.5) is 4.79 Å². The molecule has 0 aromatic rings. The summed E-state index contributed by atoms with van der Waals surface area (Å²) >= 11 is 0. The first-order chi connectivity index (χ1) is 64.4. The number of carbonyl (C=O) groups excluding carboxylic acids is 11. The summed E-state index contributed by atoms with van der Waals surface area (Å²) in [5, 5.41) is 58.1. The Hall–Kier alpha value is -7.03. The molecule has 0 aliphatic heterocycles. The van der Waals surface area contributed by atoms with Crippen LogP contribution in [0, 0.1) is 81.8 Å². The molecule has 17 N–H and O–H groups in total. The lowest BCUT2D eigenvalue weighted by molar-refractivity contribution is -0.870. The zero-order valence-electron chi connectivity index (χ0n) is 101. The first-order valence-corrected chi connectivity index (χ1v) is 52.0. The molecule has 0 aromatic carbocycles. The van der Waals surface area contributed by atoms with Gasteiger partial charge in [0.25, 0.3) is 6.09 Å². The van der Waals surface area contributed by atoms with Crippen molar-refractivity contribution in [2.24, 2.45) is 105 Å². The zero-order valence-corrected chi connectivity index (χ0v) is 104. The predicted octanol–water partition coefficient (Wildman–Crippen LogP) is 1.41. The highest BCUT2D eigenvalue weighted by Crippen LogP contribution is 2.22. The lowest BCUT2D eigenvalue weighted by atomic mass is 9.89. The van der Waals surface area contributed by atoms with E-state index in [0.29, 0.717) is 26.1 Å². The molecule has 40 heteroatoms. The number of nitrogens with two attached hydrogens (primary N) is 4. The van der Waals surface area contributed by atoms with E-state index in [1.165, 1.54) is 0 Å². The summed E-state index contributed by atoms with van der Waals surface area (Å²) in [4.78, 5) is 162. The van der Waals surface area contributed by atoms with Crippen LogP contribution in [-0.2, 0) is 71.9 Å². The third kappa shape index (κ3) is 139. The van der Waals surface area contributed by atoms with Gasteiger partial charge in [-0.05, 0) is 118 Å². The van der Waals surface area contributed by atoms with Crippen LogP contribution >= 0.6 is 0 Å². The van der Waals surface area contributed by atoms with E-state index in [9.17, 15) is 77.0 Å². The van der Waals surface area contributed by atoms with E-state index >= 15 is 0 Å². The number of carboxylic acid groups (broad SMARTS) is 5. The largest absolute Gasteiger partial charge is 1.00 e. The molecule has 0 rings (SSSR count). The van der Waals surface area contributed by atoms with E-state index in [1.54, 1.807) is 41.8 Å². The molecule has 0 aromatic heterocycles. The summed E-state index contributed by atoms with van der Waals surface area (Å²) in [5.74, 6) is -2.93. The second-order valence-corrected chi connectivity index (χ2v) is 43.0. The van der Waals surface area contributed by atoms with E-state index in [-0.39, 0.29) is 195 Å². The summed E-state index contributed by atoms with van der Waals surface area (Å²) in [5.41, 5.74) is 18.9. The van der Waals surface area contributed by atoms with Gasteiger partial charge >= 0.3 is 29.8 Å². The van der Waals surface area contributed by atoms with Crippen molar-refractivity contribution in [3.05, 3.63) is 0 Å². The number of ether oxygens (including phenoxy) is 1. The topological polar surface area (TPSA) is 537 Å². The Morgan fingerprint density at radius 3 is 0.589 bits per heavy atom. The second kappa shape index (κ2) is 106. The Morgan fingerprint density at radius 2 is 0.466 bits per heavy atom. The fourth-order valence-corrected chi connectivity index (χ4v) is 7.83. The number of likely N-dealkylation sites (N-methyl/N-ethyl adjacent to an activating group) is 1. The highest BCUT2D eigenvalue weighted by molar-refractivity contribution is 5.82. The van der Waals surface area contributed by atoms with Crippen LogP contribution in [0.2, 0.25) is 0 Å². The number of carbonyl (C=O) groups is 15. The molecule has 10 amide bonds. The number of amides is 10. The van der Waals surface area contributed by atoms with Gasteiger partial charge in [0.05, 0.1) is 160 Å². The van der Waals surface area contributed by atoms with Crippen molar-refractivity contribution in [1.82, 2.24) is 31.5 Å². The molecular weight excluding hydrogens is 1960 g/mol. The number of nitrogens with zero attached hydrogens (tertiary/aromatic N) is 6. The van der Waals surface area contributed by atoms with E-state index in [4.69, 9.17) is 48.1 Å². The number of nitrogens with one attached hydrogen (secondary N) is 5. The van der Waals surface area contributed by atoms with E-state index < -0.39 is 30.0 Å². The van der Waals surface area contributed by atoms with Crippen molar-refractivity contribution in [2.45, 2.75) is 330 Å². The summed E-state index contributed by atoms with van der Waals surface area (Å²) in [6, 6.07) is 0. The average molecular weight is 2190 g/mol. The number of hydrogen-bond donors (Lipinski definition) is 13. The van der Waals surface area contributed by atoms with Crippen LogP contribution in [0.15, 0.2) is 0 Å². The number of carboxylic acids is 4. The molecule has 0 heterocycles. The van der Waals surface area contributed by atoms with Gasteiger partial charge in [0.2, 0.25) is 53.2 Å². The second-order valence-electron chi connectivity index (χ2n) is 43.0. The van der Waals surface area contributed by atoms with Crippen LogP contribution < -0.4 is 104 Å². The number of aliphatic carboxylic acids is 4. The molecule has 12 atom stereocenters. The van der Waals surface area contributed by atoms with Gasteiger partial charge in [0.1, 0.15) is 6.61 Å². The van der Waals surface area contributed by atoms with Crippen LogP contribution in [0.25, 0.3) is 0 Å². The fraction of sp³-hybridized carbons (Fsp3) is 0.858. The average Bonchev–Trinajstić information content (AvgIpc) is 1.26. The minimum Gasteiger partial charge on any atom is -1.00 e. The molecule has 0 spiro atoms.